The van der Waals surface area contributed by atoms with Crippen LogP contribution in [0.25, 0.3) is 6.08 Å². The van der Waals surface area contributed by atoms with Crippen LogP contribution < -0.4 is 18.9 Å². The first-order valence-corrected chi connectivity index (χ1v) is 8.68. The highest BCUT2D eigenvalue weighted by Gasteiger charge is 2.19. The summed E-state index contributed by atoms with van der Waals surface area (Å²) in [7, 11) is 3.09. The number of benzene rings is 2. The molecule has 5 nitrogen and oxygen atoms in total. The molecule has 2 aromatic carbocycles. The average molecular weight is 380 g/mol. The summed E-state index contributed by atoms with van der Waals surface area (Å²) in [5.41, 5.74) is 1.15. The molecular formula is C23H24O5. The van der Waals surface area contributed by atoms with Gasteiger partial charge in [-0.1, -0.05) is 43.5 Å². The van der Waals surface area contributed by atoms with Gasteiger partial charge in [-0.25, -0.2) is 0 Å². The lowest BCUT2D eigenvalue weighted by atomic mass is 10.1. The highest BCUT2D eigenvalue weighted by Crippen LogP contribution is 2.35. The summed E-state index contributed by atoms with van der Waals surface area (Å²) in [5, 5.41) is 0. The second-order valence-electron chi connectivity index (χ2n) is 5.67. The SMILES string of the molecule is C=CCOc1cc(OC)c(C(=O)/C=C/c2cccc(OC)c2)c(OCC=C)c1. The second kappa shape index (κ2) is 10.6. The number of ketones is 1. The third-order valence-electron chi connectivity index (χ3n) is 3.75. The number of rotatable bonds is 11. The molecule has 0 bridgehead atoms. The molecule has 0 aromatic heterocycles. The molecule has 0 atom stereocenters. The molecule has 0 saturated heterocycles. The highest BCUT2D eigenvalue weighted by atomic mass is 16.5. The molecule has 0 aliphatic carbocycles. The van der Waals surface area contributed by atoms with Crippen LogP contribution in [0.5, 0.6) is 23.0 Å². The fourth-order valence-corrected chi connectivity index (χ4v) is 2.47. The quantitative estimate of drug-likeness (QED) is 0.320. The Balaban J connectivity index is 2.39. The molecule has 0 radical (unpaired) electrons. The summed E-state index contributed by atoms with van der Waals surface area (Å²) in [5.74, 6) is 1.70. The van der Waals surface area contributed by atoms with Gasteiger partial charge in [-0.3, -0.25) is 4.79 Å². The zero-order valence-corrected chi connectivity index (χ0v) is 16.1. The molecule has 2 aromatic rings. The Hall–Kier alpha value is -3.47. The van der Waals surface area contributed by atoms with E-state index in [1.807, 2.05) is 24.3 Å². The van der Waals surface area contributed by atoms with E-state index in [9.17, 15) is 4.79 Å². The van der Waals surface area contributed by atoms with Crippen LogP contribution in [0.15, 0.2) is 67.8 Å². The monoisotopic (exact) mass is 380 g/mol. The van der Waals surface area contributed by atoms with Gasteiger partial charge in [0.15, 0.2) is 5.78 Å². The summed E-state index contributed by atoms with van der Waals surface area (Å²) in [6.45, 7) is 7.84. The van der Waals surface area contributed by atoms with Crippen LogP contribution in [-0.4, -0.2) is 33.2 Å². The lowest BCUT2D eigenvalue weighted by Gasteiger charge is -2.15. The normalized spacial score (nSPS) is 10.4. The molecule has 0 amide bonds. The molecule has 5 heteroatoms. The van der Waals surface area contributed by atoms with Gasteiger partial charge in [-0.15, -0.1) is 0 Å². The van der Waals surface area contributed by atoms with Crippen LogP contribution in [0.4, 0.5) is 0 Å². The van der Waals surface area contributed by atoms with E-state index in [-0.39, 0.29) is 12.4 Å². The Kier molecular flexibility index (Phi) is 7.91. The Morgan fingerprint density at radius 1 is 0.929 bits per heavy atom. The van der Waals surface area contributed by atoms with Gasteiger partial charge in [0.05, 0.1) is 14.2 Å². The molecule has 0 unspecified atom stereocenters. The first-order valence-electron chi connectivity index (χ1n) is 8.68. The molecule has 146 valence electrons. The highest BCUT2D eigenvalue weighted by molar-refractivity contribution is 6.10. The van der Waals surface area contributed by atoms with Gasteiger partial charge in [0.1, 0.15) is 41.8 Å². The van der Waals surface area contributed by atoms with Crippen molar-refractivity contribution < 1.29 is 23.7 Å². The predicted molar refractivity (Wildman–Crippen MR) is 111 cm³/mol. The van der Waals surface area contributed by atoms with Crippen LogP contribution in [0.3, 0.4) is 0 Å². The molecule has 0 aliphatic rings. The minimum atomic E-state index is -0.256. The molecule has 0 spiro atoms. The maximum atomic E-state index is 12.9. The number of hydrogen-bond donors (Lipinski definition) is 0. The van der Waals surface area contributed by atoms with E-state index in [1.165, 1.54) is 13.2 Å². The standard InChI is InChI=1S/C23H24O5/c1-5-12-27-19-15-21(26-4)23(22(16-19)28-13-6-2)20(24)11-10-17-8-7-9-18(14-17)25-3/h5-11,14-16H,1-2,12-13H2,3-4H3/b11-10+. The first kappa shape index (κ1) is 20.8. The summed E-state index contributed by atoms with van der Waals surface area (Å²) in [6, 6.07) is 10.7. The van der Waals surface area contributed by atoms with Crippen molar-refractivity contribution in [1.29, 1.82) is 0 Å². The number of allylic oxidation sites excluding steroid dienone is 1. The molecular weight excluding hydrogens is 356 g/mol. The summed E-state index contributed by atoms with van der Waals surface area (Å²) >= 11 is 0. The lowest BCUT2D eigenvalue weighted by Crippen LogP contribution is -2.06. The van der Waals surface area contributed by atoms with Crippen molar-refractivity contribution in [2.45, 2.75) is 0 Å². The van der Waals surface area contributed by atoms with Crippen LogP contribution in [0.2, 0.25) is 0 Å². The molecule has 28 heavy (non-hydrogen) atoms. The van der Waals surface area contributed by atoms with Gasteiger partial charge in [-0.2, -0.15) is 0 Å². The number of carbonyl (C=O) groups excluding carboxylic acids is 1. The Labute approximate surface area is 165 Å². The maximum Gasteiger partial charge on any atom is 0.193 e. The molecule has 0 saturated carbocycles. The lowest BCUT2D eigenvalue weighted by molar-refractivity contribution is 0.104. The number of methoxy groups -OCH3 is 2. The fourth-order valence-electron chi connectivity index (χ4n) is 2.47. The Morgan fingerprint density at radius 2 is 1.64 bits per heavy atom. The zero-order chi connectivity index (χ0) is 20.4. The van der Waals surface area contributed by atoms with E-state index < -0.39 is 0 Å². The second-order valence-corrected chi connectivity index (χ2v) is 5.67. The minimum Gasteiger partial charge on any atom is -0.497 e. The number of ether oxygens (including phenoxy) is 4. The van der Waals surface area contributed by atoms with Gasteiger partial charge in [0, 0.05) is 12.1 Å². The van der Waals surface area contributed by atoms with E-state index in [0.29, 0.717) is 35.2 Å². The Morgan fingerprint density at radius 3 is 2.32 bits per heavy atom. The summed E-state index contributed by atoms with van der Waals surface area (Å²) < 4.78 is 21.9. The molecule has 0 heterocycles. The van der Waals surface area contributed by atoms with Crippen LogP contribution in [0.1, 0.15) is 15.9 Å². The van der Waals surface area contributed by atoms with E-state index in [1.54, 1.807) is 37.5 Å². The Bertz CT molecular complexity index is 867. The van der Waals surface area contributed by atoms with Crippen molar-refractivity contribution >= 4 is 11.9 Å². The van der Waals surface area contributed by atoms with Gasteiger partial charge >= 0.3 is 0 Å². The van der Waals surface area contributed by atoms with Crippen LogP contribution in [0, 0.1) is 0 Å². The van der Waals surface area contributed by atoms with Crippen molar-refractivity contribution in [3.8, 4) is 23.0 Å². The van der Waals surface area contributed by atoms with Gasteiger partial charge in [-0.05, 0) is 23.8 Å². The van der Waals surface area contributed by atoms with Crippen molar-refractivity contribution in [3.63, 3.8) is 0 Å². The summed E-state index contributed by atoms with van der Waals surface area (Å²) in [6.07, 6.45) is 6.41. The van der Waals surface area contributed by atoms with Crippen LogP contribution in [-0.2, 0) is 0 Å². The first-order chi connectivity index (χ1) is 13.6. The minimum absolute atomic E-state index is 0.244. The summed E-state index contributed by atoms with van der Waals surface area (Å²) in [4.78, 5) is 12.9. The van der Waals surface area contributed by atoms with E-state index in [0.717, 1.165) is 5.56 Å². The van der Waals surface area contributed by atoms with Crippen molar-refractivity contribution in [3.05, 3.63) is 78.9 Å². The zero-order valence-electron chi connectivity index (χ0n) is 16.1. The van der Waals surface area contributed by atoms with E-state index in [2.05, 4.69) is 13.2 Å². The average Bonchev–Trinajstić information content (AvgIpc) is 2.74. The number of carbonyl (C=O) groups is 1. The van der Waals surface area contributed by atoms with Crippen molar-refractivity contribution in [2.24, 2.45) is 0 Å². The third-order valence-corrected chi connectivity index (χ3v) is 3.75. The third kappa shape index (κ3) is 5.51. The molecule has 2 rings (SSSR count). The molecule has 0 N–H and O–H groups in total. The largest absolute Gasteiger partial charge is 0.497 e. The molecule has 0 aliphatic heterocycles. The van der Waals surface area contributed by atoms with E-state index >= 15 is 0 Å². The van der Waals surface area contributed by atoms with Crippen LogP contribution >= 0.6 is 0 Å². The number of hydrogen-bond acceptors (Lipinski definition) is 5. The van der Waals surface area contributed by atoms with E-state index in [4.69, 9.17) is 18.9 Å². The van der Waals surface area contributed by atoms with Gasteiger partial charge in [0.25, 0.3) is 0 Å². The maximum absolute atomic E-state index is 12.9. The predicted octanol–water partition coefficient (Wildman–Crippen LogP) is 4.73. The van der Waals surface area contributed by atoms with Gasteiger partial charge in [0.2, 0.25) is 0 Å². The van der Waals surface area contributed by atoms with Crippen molar-refractivity contribution in [2.75, 3.05) is 27.4 Å². The topological polar surface area (TPSA) is 54.0 Å². The smallest absolute Gasteiger partial charge is 0.193 e. The molecule has 0 fully saturated rings. The van der Waals surface area contributed by atoms with Gasteiger partial charge < -0.3 is 18.9 Å². The van der Waals surface area contributed by atoms with Crippen molar-refractivity contribution in [1.82, 2.24) is 0 Å². The fraction of sp³-hybridized carbons (Fsp3) is 0.174.